The van der Waals surface area contributed by atoms with Gasteiger partial charge in [0.25, 0.3) is 5.91 Å². The van der Waals surface area contributed by atoms with E-state index in [-0.39, 0.29) is 11.8 Å². The van der Waals surface area contributed by atoms with Crippen molar-refractivity contribution in [1.82, 2.24) is 19.7 Å². The van der Waals surface area contributed by atoms with Crippen LogP contribution in [0.5, 0.6) is 0 Å². The quantitative estimate of drug-likeness (QED) is 0.750. The van der Waals surface area contributed by atoms with E-state index < -0.39 is 0 Å². The average molecular weight is 398 g/mol. The van der Waals surface area contributed by atoms with Gasteiger partial charge in [-0.25, -0.2) is 5.01 Å². The third kappa shape index (κ3) is 5.22. The van der Waals surface area contributed by atoms with Gasteiger partial charge < -0.3 is 4.90 Å². The van der Waals surface area contributed by atoms with Crippen LogP contribution in [-0.4, -0.2) is 96.1 Å². The lowest BCUT2D eigenvalue weighted by molar-refractivity contribution is -0.135. The Kier molecular flexibility index (Phi) is 6.56. The molecule has 2 amide bonds. The van der Waals surface area contributed by atoms with Crippen molar-refractivity contribution in [3.63, 3.8) is 0 Å². The van der Waals surface area contributed by atoms with E-state index in [0.29, 0.717) is 19.6 Å². The molecule has 0 spiro atoms. The van der Waals surface area contributed by atoms with Crippen LogP contribution in [-0.2, 0) is 9.59 Å². The van der Waals surface area contributed by atoms with E-state index in [0.717, 1.165) is 69.8 Å². The van der Waals surface area contributed by atoms with E-state index in [4.69, 9.17) is 0 Å². The predicted molar refractivity (Wildman–Crippen MR) is 113 cm³/mol. The molecule has 4 rings (SSSR count). The highest BCUT2D eigenvalue weighted by Gasteiger charge is 2.26. The van der Waals surface area contributed by atoms with E-state index in [1.54, 1.807) is 5.01 Å². The molecule has 7 heteroatoms. The number of benzene rings is 1. The Morgan fingerprint density at radius 1 is 0.759 bits per heavy atom. The van der Waals surface area contributed by atoms with Crippen LogP contribution in [0.15, 0.2) is 35.4 Å². The first-order chi connectivity index (χ1) is 14.2. The van der Waals surface area contributed by atoms with Crippen molar-refractivity contribution in [2.45, 2.75) is 25.7 Å². The number of likely N-dealkylation sites (tertiary alicyclic amines) is 1. The summed E-state index contributed by atoms with van der Waals surface area (Å²) in [6, 6.07) is 10.1. The average Bonchev–Trinajstić information content (AvgIpc) is 3.27. The summed E-state index contributed by atoms with van der Waals surface area (Å²) in [6.07, 6.45) is 4.31. The lowest BCUT2D eigenvalue weighted by Gasteiger charge is -2.36. The second-order valence-corrected chi connectivity index (χ2v) is 8.17. The molecule has 3 heterocycles. The minimum absolute atomic E-state index is 0.0637. The molecule has 0 atom stereocenters. The maximum absolute atomic E-state index is 12.7. The van der Waals surface area contributed by atoms with Gasteiger partial charge in [-0.3, -0.25) is 19.4 Å². The molecule has 1 aromatic carbocycles. The van der Waals surface area contributed by atoms with Crippen LogP contribution in [0.2, 0.25) is 0 Å². The number of hydrogen-bond donors (Lipinski definition) is 0. The van der Waals surface area contributed by atoms with Gasteiger partial charge in [-0.1, -0.05) is 30.3 Å². The maximum Gasteiger partial charge on any atom is 0.256 e. The van der Waals surface area contributed by atoms with Crippen molar-refractivity contribution in [2.24, 2.45) is 5.10 Å². The number of hydrogen-bond acceptors (Lipinski definition) is 5. The maximum atomic E-state index is 12.7. The minimum atomic E-state index is 0.0637. The summed E-state index contributed by atoms with van der Waals surface area (Å²) in [4.78, 5) is 31.5. The van der Waals surface area contributed by atoms with E-state index >= 15 is 0 Å². The van der Waals surface area contributed by atoms with Crippen LogP contribution < -0.4 is 0 Å². The molecule has 3 aliphatic heterocycles. The molecule has 3 aliphatic rings. The van der Waals surface area contributed by atoms with Gasteiger partial charge in [-0.2, -0.15) is 5.10 Å². The Morgan fingerprint density at radius 2 is 1.38 bits per heavy atom. The lowest BCUT2D eigenvalue weighted by Crippen LogP contribution is -2.52. The summed E-state index contributed by atoms with van der Waals surface area (Å²) < 4.78 is 0. The van der Waals surface area contributed by atoms with Gasteiger partial charge in [0.05, 0.1) is 25.3 Å². The molecule has 156 valence electrons. The van der Waals surface area contributed by atoms with E-state index in [2.05, 4.69) is 14.9 Å². The molecule has 0 N–H and O–H groups in total. The smallest absolute Gasteiger partial charge is 0.256 e. The van der Waals surface area contributed by atoms with Crippen LogP contribution in [0.3, 0.4) is 0 Å². The molecule has 29 heavy (non-hydrogen) atoms. The van der Waals surface area contributed by atoms with Gasteiger partial charge >= 0.3 is 0 Å². The minimum Gasteiger partial charge on any atom is -0.342 e. The van der Waals surface area contributed by atoms with Crippen LogP contribution in [0, 0.1) is 0 Å². The molecule has 2 fully saturated rings. The van der Waals surface area contributed by atoms with Gasteiger partial charge in [0, 0.05) is 45.7 Å². The summed E-state index contributed by atoms with van der Waals surface area (Å²) in [6.45, 7) is 6.72. The number of hydrazone groups is 1. The van der Waals surface area contributed by atoms with Gasteiger partial charge in [0.1, 0.15) is 0 Å². The Hall–Kier alpha value is -2.25. The second kappa shape index (κ2) is 9.50. The molecule has 0 radical (unpaired) electrons. The van der Waals surface area contributed by atoms with Crippen molar-refractivity contribution in [3.8, 4) is 0 Å². The van der Waals surface area contributed by atoms with Gasteiger partial charge in [0.2, 0.25) is 5.91 Å². The van der Waals surface area contributed by atoms with Crippen molar-refractivity contribution in [1.29, 1.82) is 0 Å². The van der Waals surface area contributed by atoms with E-state index in [1.807, 2.05) is 35.2 Å². The first-order valence-electron chi connectivity index (χ1n) is 10.8. The van der Waals surface area contributed by atoms with Gasteiger partial charge in [-0.15, -0.1) is 0 Å². The third-order valence-electron chi connectivity index (χ3n) is 6.09. The fraction of sp³-hybridized carbons (Fsp3) is 0.591. The standard InChI is InChI=1S/C22H31N5O2/c28-21(26-10-5-2-6-11-26)17-24-13-15-25(16-14-24)18-22(29)27-12-9-20(23-27)19-7-3-1-4-8-19/h1,3-4,7-8H,2,5-6,9-18H2. The molecule has 0 aromatic heterocycles. The second-order valence-electron chi connectivity index (χ2n) is 8.17. The van der Waals surface area contributed by atoms with Crippen molar-refractivity contribution in [3.05, 3.63) is 35.9 Å². The molecular weight excluding hydrogens is 366 g/mol. The van der Waals surface area contributed by atoms with Crippen molar-refractivity contribution >= 4 is 17.5 Å². The van der Waals surface area contributed by atoms with Crippen LogP contribution in [0.1, 0.15) is 31.2 Å². The topological polar surface area (TPSA) is 59.5 Å². The largest absolute Gasteiger partial charge is 0.342 e. The fourth-order valence-electron chi connectivity index (χ4n) is 4.28. The van der Waals surface area contributed by atoms with Crippen LogP contribution in [0.4, 0.5) is 0 Å². The molecule has 0 unspecified atom stereocenters. The highest BCUT2D eigenvalue weighted by Crippen LogP contribution is 2.15. The Morgan fingerprint density at radius 3 is 2.03 bits per heavy atom. The highest BCUT2D eigenvalue weighted by atomic mass is 16.2. The number of rotatable bonds is 5. The molecule has 7 nitrogen and oxygen atoms in total. The summed E-state index contributed by atoms with van der Waals surface area (Å²) in [5.41, 5.74) is 2.08. The molecular formula is C22H31N5O2. The molecule has 0 aliphatic carbocycles. The number of piperidine rings is 1. The van der Waals surface area contributed by atoms with E-state index in [9.17, 15) is 9.59 Å². The predicted octanol–water partition coefficient (Wildman–Crippen LogP) is 1.25. The Labute approximate surface area is 172 Å². The Bertz CT molecular complexity index is 737. The number of nitrogens with zero attached hydrogens (tertiary/aromatic N) is 5. The highest BCUT2D eigenvalue weighted by molar-refractivity contribution is 6.02. The summed E-state index contributed by atoms with van der Waals surface area (Å²) >= 11 is 0. The summed E-state index contributed by atoms with van der Waals surface area (Å²) in [7, 11) is 0. The Balaban J connectivity index is 1.21. The van der Waals surface area contributed by atoms with Crippen LogP contribution in [0.25, 0.3) is 0 Å². The zero-order valence-electron chi connectivity index (χ0n) is 17.1. The molecule has 2 saturated heterocycles. The molecule has 0 saturated carbocycles. The number of carbonyl (C=O) groups excluding carboxylic acids is 2. The number of amides is 2. The third-order valence-corrected chi connectivity index (χ3v) is 6.09. The van der Waals surface area contributed by atoms with Crippen LogP contribution >= 0.6 is 0 Å². The number of piperazine rings is 1. The van der Waals surface area contributed by atoms with Gasteiger partial charge in [0.15, 0.2) is 0 Å². The monoisotopic (exact) mass is 397 g/mol. The van der Waals surface area contributed by atoms with Gasteiger partial charge in [-0.05, 0) is 24.8 Å². The summed E-state index contributed by atoms with van der Waals surface area (Å²) in [5.74, 6) is 0.322. The van der Waals surface area contributed by atoms with Crippen molar-refractivity contribution in [2.75, 3.05) is 58.9 Å². The summed E-state index contributed by atoms with van der Waals surface area (Å²) in [5, 5.41) is 6.16. The first-order valence-corrected chi connectivity index (χ1v) is 10.8. The number of carbonyl (C=O) groups is 2. The fourth-order valence-corrected chi connectivity index (χ4v) is 4.28. The van der Waals surface area contributed by atoms with E-state index in [1.165, 1.54) is 6.42 Å². The first kappa shape index (κ1) is 20.0. The zero-order chi connectivity index (χ0) is 20.1. The SMILES string of the molecule is O=C(CN1CCN(CC(=O)N2CCC(c3ccccc3)=N2)CC1)N1CCCCC1. The lowest BCUT2D eigenvalue weighted by atomic mass is 10.1. The molecule has 0 bridgehead atoms. The van der Waals surface area contributed by atoms with Crippen molar-refractivity contribution < 1.29 is 9.59 Å². The normalized spacial score (nSPS) is 21.3. The molecule has 1 aromatic rings. The zero-order valence-corrected chi connectivity index (χ0v) is 17.1.